The number of aromatic nitrogens is 2. The molecule has 1 saturated carbocycles. The molecule has 0 atom stereocenters. The lowest BCUT2D eigenvalue weighted by molar-refractivity contribution is 0.0915. The molecule has 0 saturated heterocycles. The van der Waals surface area contributed by atoms with E-state index in [1.165, 1.54) is 25.6 Å². The fourth-order valence-corrected chi connectivity index (χ4v) is 1.86. The van der Waals surface area contributed by atoms with E-state index in [4.69, 9.17) is 0 Å². The van der Waals surface area contributed by atoms with Crippen LogP contribution in [-0.4, -0.2) is 21.9 Å². The monoisotopic (exact) mass is 208 g/mol. The van der Waals surface area contributed by atoms with Gasteiger partial charge in [-0.2, -0.15) is 0 Å². The zero-order valence-electron chi connectivity index (χ0n) is 8.62. The van der Waals surface area contributed by atoms with E-state index in [1.807, 2.05) is 0 Å². The van der Waals surface area contributed by atoms with Crippen molar-refractivity contribution in [2.24, 2.45) is 0 Å². The lowest BCUT2D eigenvalue weighted by Crippen LogP contribution is -2.45. The summed E-state index contributed by atoms with van der Waals surface area (Å²) in [6, 6.07) is 0.418. The summed E-state index contributed by atoms with van der Waals surface area (Å²) in [4.78, 5) is 18.1. The maximum absolute atomic E-state index is 11.5. The van der Waals surface area contributed by atoms with Crippen molar-refractivity contribution in [1.82, 2.24) is 20.8 Å². The van der Waals surface area contributed by atoms with Crippen molar-refractivity contribution in [3.63, 3.8) is 0 Å². The highest BCUT2D eigenvalue weighted by Gasteiger charge is 2.14. The van der Waals surface area contributed by atoms with Crippen LogP contribution < -0.4 is 10.9 Å². The molecule has 82 valence electrons. The molecule has 0 unspecified atom stereocenters. The predicted octanol–water partition coefficient (Wildman–Crippen LogP) is 0.977. The Morgan fingerprint density at radius 2 is 2.20 bits per heavy atom. The van der Waals surface area contributed by atoms with Crippen LogP contribution >= 0.6 is 0 Å². The fraction of sp³-hybridized carbons (Fsp3) is 0.600. The molecule has 0 spiro atoms. The molecule has 1 aromatic heterocycles. The van der Waals surface area contributed by atoms with E-state index in [0.717, 1.165) is 12.8 Å². The molecule has 5 nitrogen and oxygen atoms in total. The second-order valence-electron chi connectivity index (χ2n) is 3.89. The summed E-state index contributed by atoms with van der Waals surface area (Å²) in [5, 5.41) is 0. The van der Waals surface area contributed by atoms with Gasteiger partial charge in [0.15, 0.2) is 0 Å². The average molecular weight is 208 g/mol. The fourth-order valence-electron chi connectivity index (χ4n) is 1.86. The van der Waals surface area contributed by atoms with Gasteiger partial charge in [0.1, 0.15) is 5.69 Å². The summed E-state index contributed by atoms with van der Waals surface area (Å²) in [7, 11) is 0. The van der Waals surface area contributed by atoms with Crippen LogP contribution in [0.1, 0.15) is 42.6 Å². The van der Waals surface area contributed by atoms with E-state index in [2.05, 4.69) is 20.8 Å². The summed E-state index contributed by atoms with van der Waals surface area (Å²) in [6.07, 6.45) is 9.16. The summed E-state index contributed by atoms with van der Waals surface area (Å²) >= 11 is 0. The first-order valence-corrected chi connectivity index (χ1v) is 5.41. The zero-order valence-corrected chi connectivity index (χ0v) is 8.62. The minimum absolute atomic E-state index is 0.179. The number of aromatic amines is 1. The number of hydrazine groups is 1. The molecule has 15 heavy (non-hydrogen) atoms. The van der Waals surface area contributed by atoms with Gasteiger partial charge in [0.2, 0.25) is 0 Å². The van der Waals surface area contributed by atoms with Crippen LogP contribution in [0.5, 0.6) is 0 Å². The van der Waals surface area contributed by atoms with Crippen molar-refractivity contribution in [3.05, 3.63) is 18.2 Å². The second kappa shape index (κ2) is 4.93. The van der Waals surface area contributed by atoms with Gasteiger partial charge in [-0.05, 0) is 12.8 Å². The summed E-state index contributed by atoms with van der Waals surface area (Å²) in [6.45, 7) is 0. The Kier molecular flexibility index (Phi) is 3.34. The first-order valence-electron chi connectivity index (χ1n) is 5.41. The van der Waals surface area contributed by atoms with E-state index in [-0.39, 0.29) is 5.91 Å². The average Bonchev–Trinajstić information content (AvgIpc) is 2.81. The number of carbonyl (C=O) groups is 1. The number of carbonyl (C=O) groups excluding carboxylic acids is 1. The highest BCUT2D eigenvalue weighted by atomic mass is 16.2. The molecule has 1 aromatic rings. The molecule has 1 amide bonds. The highest BCUT2D eigenvalue weighted by molar-refractivity contribution is 5.91. The Hall–Kier alpha value is -1.36. The van der Waals surface area contributed by atoms with Gasteiger partial charge in [-0.25, -0.2) is 10.4 Å². The molecule has 0 aromatic carbocycles. The molecule has 3 N–H and O–H groups in total. The predicted molar refractivity (Wildman–Crippen MR) is 56.1 cm³/mol. The first-order chi connectivity index (χ1) is 7.36. The third-order valence-corrected chi connectivity index (χ3v) is 2.73. The third kappa shape index (κ3) is 2.79. The molecule has 1 aliphatic carbocycles. The molecular formula is C10H16N4O. The van der Waals surface area contributed by atoms with Crippen LogP contribution in [0, 0.1) is 0 Å². The number of nitrogens with zero attached hydrogens (tertiary/aromatic N) is 1. The second-order valence-corrected chi connectivity index (χ2v) is 3.89. The number of hydrogen-bond donors (Lipinski definition) is 3. The van der Waals surface area contributed by atoms with E-state index >= 15 is 0 Å². The van der Waals surface area contributed by atoms with Crippen LogP contribution in [0.15, 0.2) is 12.5 Å². The Bertz CT molecular complexity index is 303. The number of H-pyrrole nitrogens is 1. The van der Waals surface area contributed by atoms with Gasteiger partial charge in [0.25, 0.3) is 5.91 Å². The third-order valence-electron chi connectivity index (χ3n) is 2.73. The van der Waals surface area contributed by atoms with Crippen molar-refractivity contribution >= 4 is 5.91 Å². The van der Waals surface area contributed by atoms with Gasteiger partial charge in [-0.15, -0.1) is 0 Å². The number of hydrogen-bond acceptors (Lipinski definition) is 3. The Labute approximate surface area is 88.6 Å². The smallest absolute Gasteiger partial charge is 0.285 e. The molecule has 0 aliphatic heterocycles. The quantitative estimate of drug-likeness (QED) is 0.648. The van der Waals surface area contributed by atoms with Crippen molar-refractivity contribution in [3.8, 4) is 0 Å². The van der Waals surface area contributed by atoms with E-state index < -0.39 is 0 Å². The zero-order chi connectivity index (χ0) is 10.5. The van der Waals surface area contributed by atoms with Crippen LogP contribution in [0.4, 0.5) is 0 Å². The normalized spacial score (nSPS) is 17.6. The number of amides is 1. The summed E-state index contributed by atoms with van der Waals surface area (Å²) in [5.41, 5.74) is 6.15. The van der Waals surface area contributed by atoms with Gasteiger partial charge in [-0.3, -0.25) is 10.2 Å². The Balaban J connectivity index is 1.75. The standard InChI is InChI=1S/C10H16N4O/c15-10(9-6-11-7-12-9)14-13-8-4-2-1-3-5-8/h6-8,13H,1-5H2,(H,11,12)(H,14,15). The molecule has 2 rings (SSSR count). The highest BCUT2D eigenvalue weighted by Crippen LogP contribution is 2.16. The van der Waals surface area contributed by atoms with Crippen LogP contribution in [-0.2, 0) is 0 Å². The molecule has 1 aliphatic rings. The van der Waals surface area contributed by atoms with Crippen molar-refractivity contribution in [2.45, 2.75) is 38.1 Å². The lowest BCUT2D eigenvalue weighted by Gasteiger charge is -2.22. The topological polar surface area (TPSA) is 69.8 Å². The minimum Gasteiger partial charge on any atom is -0.350 e. The SMILES string of the molecule is O=C(NNC1CCCCC1)c1c[nH]cn1. The van der Waals surface area contributed by atoms with Gasteiger partial charge in [-0.1, -0.05) is 19.3 Å². The first kappa shape index (κ1) is 10.2. The van der Waals surface area contributed by atoms with E-state index in [1.54, 1.807) is 6.20 Å². The van der Waals surface area contributed by atoms with Gasteiger partial charge in [0.05, 0.1) is 6.33 Å². The summed E-state index contributed by atoms with van der Waals surface area (Å²) < 4.78 is 0. The van der Waals surface area contributed by atoms with Crippen molar-refractivity contribution < 1.29 is 4.79 Å². The van der Waals surface area contributed by atoms with Crippen LogP contribution in [0.25, 0.3) is 0 Å². The number of rotatable bonds is 3. The van der Waals surface area contributed by atoms with E-state index in [0.29, 0.717) is 11.7 Å². The van der Waals surface area contributed by atoms with Gasteiger partial charge >= 0.3 is 0 Å². The largest absolute Gasteiger partial charge is 0.350 e. The van der Waals surface area contributed by atoms with Gasteiger partial charge < -0.3 is 4.98 Å². The molecular weight excluding hydrogens is 192 g/mol. The molecule has 0 bridgehead atoms. The maximum atomic E-state index is 11.5. The molecule has 5 heteroatoms. The maximum Gasteiger partial charge on any atom is 0.285 e. The summed E-state index contributed by atoms with van der Waals surface area (Å²) in [5.74, 6) is -0.179. The minimum atomic E-state index is -0.179. The Morgan fingerprint density at radius 3 is 2.87 bits per heavy atom. The molecule has 1 fully saturated rings. The van der Waals surface area contributed by atoms with Crippen molar-refractivity contribution in [2.75, 3.05) is 0 Å². The van der Waals surface area contributed by atoms with Gasteiger partial charge in [0, 0.05) is 12.2 Å². The van der Waals surface area contributed by atoms with Crippen LogP contribution in [0.2, 0.25) is 0 Å². The van der Waals surface area contributed by atoms with E-state index in [9.17, 15) is 4.79 Å². The molecule has 1 heterocycles. The lowest BCUT2D eigenvalue weighted by atomic mass is 9.96. The molecule has 0 radical (unpaired) electrons. The Morgan fingerprint density at radius 1 is 1.40 bits per heavy atom. The van der Waals surface area contributed by atoms with Crippen LogP contribution in [0.3, 0.4) is 0 Å². The number of nitrogens with one attached hydrogen (secondary N) is 3. The number of imidazole rings is 1. The van der Waals surface area contributed by atoms with Crippen molar-refractivity contribution in [1.29, 1.82) is 0 Å².